The molecule has 0 aliphatic carbocycles. The van der Waals surface area contributed by atoms with Gasteiger partial charge in [-0.15, -0.1) is 12.4 Å². The molecule has 10 heteroatoms. The number of nitrogens with zero attached hydrogens (tertiary/aromatic N) is 1. The Kier molecular flexibility index (Phi) is 7.75. The summed E-state index contributed by atoms with van der Waals surface area (Å²) >= 11 is 0. The summed E-state index contributed by atoms with van der Waals surface area (Å²) in [4.78, 5) is 34.2. The van der Waals surface area contributed by atoms with Gasteiger partial charge in [-0.25, -0.2) is 4.79 Å². The van der Waals surface area contributed by atoms with Crippen LogP contribution in [0.3, 0.4) is 0 Å². The van der Waals surface area contributed by atoms with E-state index in [0.29, 0.717) is 26.1 Å². The molecule has 1 unspecified atom stereocenters. The van der Waals surface area contributed by atoms with E-state index in [1.165, 1.54) is 19.2 Å². The number of non-ortho nitro benzene ring substituents is 1. The van der Waals surface area contributed by atoms with Crippen molar-refractivity contribution in [1.82, 2.24) is 0 Å². The number of ether oxygens (including phenoxy) is 2. The molecule has 9 nitrogen and oxygen atoms in total. The summed E-state index contributed by atoms with van der Waals surface area (Å²) in [7, 11) is 1.17. The summed E-state index contributed by atoms with van der Waals surface area (Å²) in [5.41, 5.74) is 5.74. The minimum absolute atomic E-state index is 0. The Labute approximate surface area is 150 Å². The number of nitrogens with two attached hydrogens (primary N) is 1. The highest BCUT2D eigenvalue weighted by molar-refractivity contribution is 5.97. The number of carbonyl (C=O) groups excluding carboxylic acids is 2. The Morgan fingerprint density at radius 2 is 2.00 bits per heavy atom. The quantitative estimate of drug-likeness (QED) is 0.453. The van der Waals surface area contributed by atoms with Gasteiger partial charge in [0.15, 0.2) is 0 Å². The molecule has 1 amide bonds. The van der Waals surface area contributed by atoms with Gasteiger partial charge in [0.2, 0.25) is 5.91 Å². The summed E-state index contributed by atoms with van der Waals surface area (Å²) in [5, 5.41) is 13.5. The van der Waals surface area contributed by atoms with Gasteiger partial charge in [-0.2, -0.15) is 0 Å². The molecule has 2 rings (SSSR count). The number of hydrogen-bond acceptors (Lipinski definition) is 7. The highest BCUT2D eigenvalue weighted by Crippen LogP contribution is 2.23. The van der Waals surface area contributed by atoms with E-state index in [-0.39, 0.29) is 35.3 Å². The number of hydrogen-bond donors (Lipinski definition) is 2. The van der Waals surface area contributed by atoms with Crippen LogP contribution in [-0.2, 0) is 14.3 Å². The second-order valence-electron chi connectivity index (χ2n) is 5.48. The number of anilines is 1. The van der Waals surface area contributed by atoms with E-state index >= 15 is 0 Å². The third kappa shape index (κ3) is 5.38. The number of benzene rings is 1. The second-order valence-corrected chi connectivity index (χ2v) is 5.48. The first-order chi connectivity index (χ1) is 11.4. The van der Waals surface area contributed by atoms with Crippen molar-refractivity contribution in [2.24, 2.45) is 11.7 Å². The van der Waals surface area contributed by atoms with Crippen LogP contribution in [0, 0.1) is 16.0 Å². The lowest BCUT2D eigenvalue weighted by molar-refractivity contribution is -0.384. The lowest BCUT2D eigenvalue weighted by atomic mass is 9.92. The Balaban J connectivity index is 0.00000312. The number of nitro benzene ring substituents is 1. The second kappa shape index (κ2) is 9.30. The van der Waals surface area contributed by atoms with Crippen LogP contribution >= 0.6 is 12.4 Å². The molecule has 1 atom stereocenters. The molecule has 1 heterocycles. The Hall–Kier alpha value is -2.23. The van der Waals surface area contributed by atoms with E-state index in [2.05, 4.69) is 10.1 Å². The molecule has 0 bridgehead atoms. The van der Waals surface area contributed by atoms with Crippen LogP contribution in [0.4, 0.5) is 11.4 Å². The predicted molar refractivity (Wildman–Crippen MR) is 91.8 cm³/mol. The summed E-state index contributed by atoms with van der Waals surface area (Å²) in [6, 6.07) is 2.81. The predicted octanol–water partition coefficient (Wildman–Crippen LogP) is 1.50. The van der Waals surface area contributed by atoms with Gasteiger partial charge in [0.1, 0.15) is 0 Å². The van der Waals surface area contributed by atoms with Crippen molar-refractivity contribution in [3.63, 3.8) is 0 Å². The van der Waals surface area contributed by atoms with Crippen molar-refractivity contribution in [3.8, 4) is 0 Å². The van der Waals surface area contributed by atoms with Gasteiger partial charge in [-0.3, -0.25) is 14.9 Å². The molecule has 0 saturated carbocycles. The number of rotatable bonds is 5. The molecule has 138 valence electrons. The smallest absolute Gasteiger partial charge is 0.338 e. The molecule has 1 aromatic carbocycles. The lowest BCUT2D eigenvalue weighted by Crippen LogP contribution is -2.44. The molecule has 3 N–H and O–H groups in total. The number of esters is 1. The number of halogens is 1. The molecule has 25 heavy (non-hydrogen) atoms. The van der Waals surface area contributed by atoms with Crippen LogP contribution in [0.25, 0.3) is 0 Å². The van der Waals surface area contributed by atoms with Gasteiger partial charge in [-0.05, 0) is 24.8 Å². The molecular weight excluding hydrogens is 354 g/mol. The maximum atomic E-state index is 12.3. The average Bonchev–Trinajstić information content (AvgIpc) is 2.60. The highest BCUT2D eigenvalue weighted by atomic mass is 35.5. The Morgan fingerprint density at radius 1 is 1.36 bits per heavy atom. The third-order valence-corrected chi connectivity index (χ3v) is 3.89. The van der Waals surface area contributed by atoms with E-state index in [1.54, 1.807) is 0 Å². The van der Waals surface area contributed by atoms with Crippen molar-refractivity contribution >= 4 is 35.7 Å². The van der Waals surface area contributed by atoms with Crippen LogP contribution in [0.1, 0.15) is 23.2 Å². The average molecular weight is 374 g/mol. The van der Waals surface area contributed by atoms with Crippen molar-refractivity contribution in [1.29, 1.82) is 0 Å². The first kappa shape index (κ1) is 20.8. The van der Waals surface area contributed by atoms with E-state index < -0.39 is 22.8 Å². The molecule has 1 saturated heterocycles. The molecule has 0 aromatic heterocycles. The molecule has 1 fully saturated rings. The van der Waals surface area contributed by atoms with Crippen LogP contribution in [0.2, 0.25) is 0 Å². The van der Waals surface area contributed by atoms with Crippen LogP contribution < -0.4 is 11.1 Å². The molecule has 0 radical (unpaired) electrons. The van der Waals surface area contributed by atoms with E-state index in [9.17, 15) is 19.7 Å². The Morgan fingerprint density at radius 3 is 2.56 bits per heavy atom. The largest absolute Gasteiger partial charge is 0.465 e. The maximum Gasteiger partial charge on any atom is 0.338 e. The zero-order valence-electron chi connectivity index (χ0n) is 13.6. The van der Waals surface area contributed by atoms with Gasteiger partial charge in [0, 0.05) is 31.0 Å². The maximum absolute atomic E-state index is 12.3. The summed E-state index contributed by atoms with van der Waals surface area (Å²) in [6.07, 6.45) is 1.36. The molecule has 1 aliphatic rings. The fraction of sp³-hybridized carbons (Fsp3) is 0.467. The number of amides is 1. The van der Waals surface area contributed by atoms with E-state index in [1.807, 2.05) is 0 Å². The van der Waals surface area contributed by atoms with Gasteiger partial charge in [0.05, 0.1) is 23.6 Å². The van der Waals surface area contributed by atoms with Gasteiger partial charge < -0.3 is 20.5 Å². The lowest BCUT2D eigenvalue weighted by Gasteiger charge is -2.26. The van der Waals surface area contributed by atoms with Crippen molar-refractivity contribution in [2.75, 3.05) is 25.6 Å². The normalized spacial score (nSPS) is 15.6. The van der Waals surface area contributed by atoms with Crippen molar-refractivity contribution in [3.05, 3.63) is 33.9 Å². The minimum atomic E-state index is -0.755. The van der Waals surface area contributed by atoms with Crippen molar-refractivity contribution < 1.29 is 24.0 Å². The van der Waals surface area contributed by atoms with E-state index in [0.717, 1.165) is 6.07 Å². The molecule has 0 spiro atoms. The first-order valence-electron chi connectivity index (χ1n) is 7.44. The Bertz CT molecular complexity index is 648. The summed E-state index contributed by atoms with van der Waals surface area (Å²) in [5.74, 6) is -1.21. The standard InChI is InChI=1S/C15H19N3O6.ClH/c1-23-15(20)10-6-11(8-12(7-10)18(21)22)17-14(19)13(16)9-2-4-24-5-3-9;/h6-9,13H,2-5,16H2,1H3,(H,17,19);1H. The summed E-state index contributed by atoms with van der Waals surface area (Å²) in [6.45, 7) is 1.10. The van der Waals surface area contributed by atoms with E-state index in [4.69, 9.17) is 10.5 Å². The molecular formula is C15H20ClN3O6. The van der Waals surface area contributed by atoms with Crippen LogP contribution in [0.5, 0.6) is 0 Å². The zero-order valence-corrected chi connectivity index (χ0v) is 14.4. The van der Waals surface area contributed by atoms with Crippen LogP contribution in [0.15, 0.2) is 18.2 Å². The fourth-order valence-electron chi connectivity index (χ4n) is 2.54. The zero-order chi connectivity index (χ0) is 17.7. The number of methoxy groups -OCH3 is 1. The van der Waals surface area contributed by atoms with Crippen LogP contribution in [-0.4, -0.2) is 43.2 Å². The SMILES string of the molecule is COC(=O)c1cc(NC(=O)C(N)C2CCOCC2)cc([N+](=O)[O-])c1.Cl. The minimum Gasteiger partial charge on any atom is -0.465 e. The molecule has 1 aliphatic heterocycles. The highest BCUT2D eigenvalue weighted by Gasteiger charge is 2.27. The van der Waals surface area contributed by atoms with Crippen molar-refractivity contribution in [2.45, 2.75) is 18.9 Å². The topological polar surface area (TPSA) is 134 Å². The fourth-order valence-corrected chi connectivity index (χ4v) is 2.54. The summed E-state index contributed by atoms with van der Waals surface area (Å²) < 4.78 is 9.79. The van der Waals surface area contributed by atoms with Gasteiger partial charge in [0.25, 0.3) is 5.69 Å². The van der Waals surface area contributed by atoms with Gasteiger partial charge >= 0.3 is 5.97 Å². The molecule has 1 aromatic rings. The number of carbonyl (C=O) groups is 2. The third-order valence-electron chi connectivity index (χ3n) is 3.89. The van der Waals surface area contributed by atoms with Gasteiger partial charge in [-0.1, -0.05) is 0 Å². The number of nitrogens with one attached hydrogen (secondary N) is 1. The monoisotopic (exact) mass is 373 g/mol. The first-order valence-corrected chi connectivity index (χ1v) is 7.44. The number of nitro groups is 1.